The highest BCUT2D eigenvalue weighted by molar-refractivity contribution is 5.64. The standard InChI is InChI=1S/C16H21NO2/c1-12-15(19-11-13-7-8-17(2)10-13)6-5-14-4-3-9-18-16(12)14/h3-6,13H,7-11H2,1-2H3. The van der Waals surface area contributed by atoms with Crippen molar-refractivity contribution in [2.45, 2.75) is 13.3 Å². The predicted molar refractivity (Wildman–Crippen MR) is 76.8 cm³/mol. The first-order chi connectivity index (χ1) is 9.24. The molecule has 3 rings (SSSR count). The molecule has 19 heavy (non-hydrogen) atoms. The fourth-order valence-electron chi connectivity index (χ4n) is 2.85. The van der Waals surface area contributed by atoms with Crippen molar-refractivity contribution in [3.05, 3.63) is 29.3 Å². The molecule has 3 nitrogen and oxygen atoms in total. The van der Waals surface area contributed by atoms with Crippen LogP contribution in [0.25, 0.3) is 6.08 Å². The fraction of sp³-hybridized carbons (Fsp3) is 0.500. The van der Waals surface area contributed by atoms with Crippen LogP contribution in [0.1, 0.15) is 17.5 Å². The van der Waals surface area contributed by atoms with Gasteiger partial charge in [-0.05, 0) is 45.1 Å². The summed E-state index contributed by atoms with van der Waals surface area (Å²) < 4.78 is 11.7. The number of benzene rings is 1. The second-order valence-electron chi connectivity index (χ2n) is 5.55. The summed E-state index contributed by atoms with van der Waals surface area (Å²) in [6.07, 6.45) is 5.39. The van der Waals surface area contributed by atoms with Crippen molar-refractivity contribution in [2.24, 2.45) is 5.92 Å². The Morgan fingerprint density at radius 3 is 3.11 bits per heavy atom. The van der Waals surface area contributed by atoms with E-state index in [0.29, 0.717) is 12.5 Å². The molecule has 1 atom stereocenters. The Labute approximate surface area is 114 Å². The minimum absolute atomic E-state index is 0.654. The van der Waals surface area contributed by atoms with Crippen LogP contribution in [-0.2, 0) is 0 Å². The Balaban J connectivity index is 1.70. The van der Waals surface area contributed by atoms with Crippen molar-refractivity contribution >= 4 is 6.08 Å². The number of fused-ring (bicyclic) bond motifs is 1. The van der Waals surface area contributed by atoms with Gasteiger partial charge in [0.1, 0.15) is 18.1 Å². The largest absolute Gasteiger partial charge is 0.493 e. The molecule has 0 saturated carbocycles. The van der Waals surface area contributed by atoms with Gasteiger partial charge in [0.15, 0.2) is 0 Å². The van der Waals surface area contributed by atoms with E-state index in [9.17, 15) is 0 Å². The molecular formula is C16H21NO2. The molecule has 1 saturated heterocycles. The van der Waals surface area contributed by atoms with E-state index in [1.807, 2.05) is 6.08 Å². The average Bonchev–Trinajstić information content (AvgIpc) is 2.84. The molecule has 1 aromatic carbocycles. The lowest BCUT2D eigenvalue weighted by Gasteiger charge is -2.19. The van der Waals surface area contributed by atoms with E-state index >= 15 is 0 Å². The van der Waals surface area contributed by atoms with Crippen LogP contribution in [0.4, 0.5) is 0 Å². The maximum atomic E-state index is 6.00. The van der Waals surface area contributed by atoms with Crippen LogP contribution in [0.15, 0.2) is 18.2 Å². The van der Waals surface area contributed by atoms with Crippen molar-refractivity contribution in [3.8, 4) is 11.5 Å². The van der Waals surface area contributed by atoms with Crippen LogP contribution in [-0.4, -0.2) is 38.3 Å². The average molecular weight is 259 g/mol. The number of hydrogen-bond donors (Lipinski definition) is 0. The van der Waals surface area contributed by atoms with Gasteiger partial charge in [-0.1, -0.05) is 6.08 Å². The first kappa shape index (κ1) is 12.5. The number of nitrogens with zero attached hydrogens (tertiary/aromatic N) is 1. The molecule has 1 unspecified atom stereocenters. The minimum atomic E-state index is 0.654. The lowest BCUT2D eigenvalue weighted by molar-refractivity contribution is 0.245. The molecule has 0 aliphatic carbocycles. The lowest BCUT2D eigenvalue weighted by Crippen LogP contribution is -2.18. The zero-order valence-corrected chi connectivity index (χ0v) is 11.7. The molecule has 1 fully saturated rings. The van der Waals surface area contributed by atoms with Gasteiger partial charge in [0.25, 0.3) is 0 Å². The summed E-state index contributed by atoms with van der Waals surface area (Å²) in [6.45, 7) is 5.87. The number of hydrogen-bond acceptors (Lipinski definition) is 3. The van der Waals surface area contributed by atoms with Gasteiger partial charge in [0, 0.05) is 23.6 Å². The molecule has 2 heterocycles. The van der Waals surface area contributed by atoms with E-state index in [2.05, 4.69) is 37.1 Å². The lowest BCUT2D eigenvalue weighted by atomic mass is 10.1. The molecule has 0 amide bonds. The monoisotopic (exact) mass is 259 g/mol. The summed E-state index contributed by atoms with van der Waals surface area (Å²) >= 11 is 0. The second kappa shape index (κ2) is 5.25. The molecule has 2 aliphatic rings. The van der Waals surface area contributed by atoms with Gasteiger partial charge >= 0.3 is 0 Å². The summed E-state index contributed by atoms with van der Waals surface area (Å²) in [4.78, 5) is 2.36. The molecule has 1 aromatic rings. The van der Waals surface area contributed by atoms with Gasteiger partial charge < -0.3 is 14.4 Å². The smallest absolute Gasteiger partial charge is 0.133 e. The van der Waals surface area contributed by atoms with Crippen molar-refractivity contribution < 1.29 is 9.47 Å². The van der Waals surface area contributed by atoms with Crippen molar-refractivity contribution in [1.82, 2.24) is 4.90 Å². The van der Waals surface area contributed by atoms with E-state index in [0.717, 1.165) is 35.8 Å². The van der Waals surface area contributed by atoms with Crippen LogP contribution < -0.4 is 9.47 Å². The van der Waals surface area contributed by atoms with Gasteiger partial charge in [-0.25, -0.2) is 0 Å². The Hall–Kier alpha value is -1.48. The Kier molecular flexibility index (Phi) is 3.47. The van der Waals surface area contributed by atoms with Crippen molar-refractivity contribution in [3.63, 3.8) is 0 Å². The predicted octanol–water partition coefficient (Wildman–Crippen LogP) is 2.73. The SMILES string of the molecule is Cc1c(OCC2CCN(C)C2)ccc2c1OCC=C2. The van der Waals surface area contributed by atoms with Crippen LogP contribution >= 0.6 is 0 Å². The van der Waals surface area contributed by atoms with Crippen LogP contribution in [0.3, 0.4) is 0 Å². The van der Waals surface area contributed by atoms with E-state index in [4.69, 9.17) is 9.47 Å². The topological polar surface area (TPSA) is 21.7 Å². The van der Waals surface area contributed by atoms with Crippen LogP contribution in [0.2, 0.25) is 0 Å². The fourth-order valence-corrected chi connectivity index (χ4v) is 2.85. The summed E-state index contributed by atoms with van der Waals surface area (Å²) in [7, 11) is 2.17. The summed E-state index contributed by atoms with van der Waals surface area (Å²) in [5, 5.41) is 0. The Morgan fingerprint density at radius 1 is 1.42 bits per heavy atom. The zero-order valence-electron chi connectivity index (χ0n) is 11.7. The van der Waals surface area contributed by atoms with Gasteiger partial charge in [0.05, 0.1) is 6.61 Å². The highest BCUT2D eigenvalue weighted by Crippen LogP contribution is 2.34. The molecule has 0 N–H and O–H groups in total. The molecular weight excluding hydrogens is 238 g/mol. The first-order valence-electron chi connectivity index (χ1n) is 6.98. The second-order valence-corrected chi connectivity index (χ2v) is 5.55. The first-order valence-corrected chi connectivity index (χ1v) is 6.98. The molecule has 0 aromatic heterocycles. The number of rotatable bonds is 3. The molecule has 0 spiro atoms. The summed E-state index contributed by atoms with van der Waals surface area (Å²) in [5.74, 6) is 2.59. The quantitative estimate of drug-likeness (QED) is 0.833. The van der Waals surface area contributed by atoms with E-state index in [-0.39, 0.29) is 0 Å². The third-order valence-corrected chi connectivity index (χ3v) is 3.97. The van der Waals surface area contributed by atoms with Crippen LogP contribution in [0.5, 0.6) is 11.5 Å². The minimum Gasteiger partial charge on any atom is -0.493 e. The van der Waals surface area contributed by atoms with Gasteiger partial charge in [-0.2, -0.15) is 0 Å². The highest BCUT2D eigenvalue weighted by atomic mass is 16.5. The summed E-state index contributed by atoms with van der Waals surface area (Å²) in [6, 6.07) is 4.14. The summed E-state index contributed by atoms with van der Waals surface area (Å²) in [5.41, 5.74) is 2.27. The van der Waals surface area contributed by atoms with Crippen molar-refractivity contribution in [1.29, 1.82) is 0 Å². The molecule has 2 aliphatic heterocycles. The van der Waals surface area contributed by atoms with E-state index < -0.39 is 0 Å². The van der Waals surface area contributed by atoms with E-state index in [1.54, 1.807) is 0 Å². The Bertz CT molecular complexity index is 496. The molecule has 0 radical (unpaired) electrons. The highest BCUT2D eigenvalue weighted by Gasteiger charge is 2.21. The third-order valence-electron chi connectivity index (χ3n) is 3.97. The maximum absolute atomic E-state index is 6.00. The van der Waals surface area contributed by atoms with Gasteiger partial charge in [0.2, 0.25) is 0 Å². The molecule has 102 valence electrons. The molecule has 0 bridgehead atoms. The van der Waals surface area contributed by atoms with Gasteiger partial charge in [-0.15, -0.1) is 0 Å². The maximum Gasteiger partial charge on any atom is 0.133 e. The molecule has 3 heteroatoms. The van der Waals surface area contributed by atoms with E-state index in [1.165, 1.54) is 13.0 Å². The van der Waals surface area contributed by atoms with Gasteiger partial charge in [-0.3, -0.25) is 0 Å². The number of ether oxygens (including phenoxy) is 2. The third kappa shape index (κ3) is 2.61. The van der Waals surface area contributed by atoms with Crippen LogP contribution in [0, 0.1) is 12.8 Å². The zero-order chi connectivity index (χ0) is 13.2. The Morgan fingerprint density at radius 2 is 2.32 bits per heavy atom. The normalized spacial score (nSPS) is 22.1. The number of likely N-dealkylation sites (tertiary alicyclic amines) is 1. The van der Waals surface area contributed by atoms with Crippen molar-refractivity contribution in [2.75, 3.05) is 33.4 Å².